The molecule has 0 aromatic carbocycles. The Labute approximate surface area is 115 Å². The van der Waals surface area contributed by atoms with Gasteiger partial charge < -0.3 is 5.11 Å². The zero-order chi connectivity index (χ0) is 13.2. The normalized spacial score (nSPS) is 11.6. The van der Waals surface area contributed by atoms with Crippen molar-refractivity contribution in [2.75, 3.05) is 0 Å². The van der Waals surface area contributed by atoms with Crippen molar-refractivity contribution < 1.29 is 9.90 Å². The van der Waals surface area contributed by atoms with E-state index in [2.05, 4.69) is 4.98 Å². The Morgan fingerprint density at radius 3 is 2.53 bits per heavy atom. The lowest BCUT2D eigenvalue weighted by Gasteiger charge is -2.16. The first kappa shape index (κ1) is 14.8. The number of thioether (sulfide) groups is 1. The highest BCUT2D eigenvalue weighted by Crippen LogP contribution is 2.32. The van der Waals surface area contributed by atoms with Gasteiger partial charge in [0.25, 0.3) is 0 Å². The number of aromatic nitrogens is 1. The number of hydrogen-bond acceptors (Lipinski definition) is 4. The summed E-state index contributed by atoms with van der Waals surface area (Å²) in [6, 6.07) is 0. The molecule has 1 aromatic heterocycles. The third-order valence-electron chi connectivity index (χ3n) is 1.83. The molecule has 0 amide bonds. The second-order valence-electron chi connectivity index (χ2n) is 4.42. The van der Waals surface area contributed by atoms with Gasteiger partial charge in [-0.3, -0.25) is 4.79 Å². The molecule has 0 fully saturated rings. The van der Waals surface area contributed by atoms with E-state index in [0.717, 1.165) is 11.8 Å². The Morgan fingerprint density at radius 2 is 2.06 bits per heavy atom. The van der Waals surface area contributed by atoms with Crippen LogP contribution < -0.4 is 0 Å². The number of rotatable bonds is 2. The van der Waals surface area contributed by atoms with Gasteiger partial charge >= 0.3 is 0 Å². The molecule has 1 rings (SSSR count). The predicted octanol–water partition coefficient (Wildman–Crippen LogP) is 3.55. The number of aliphatic hydroxyl groups is 1. The van der Waals surface area contributed by atoms with E-state index in [1.807, 2.05) is 20.8 Å². The monoisotopic (exact) mass is 293 g/mol. The average Bonchev–Trinajstić information content (AvgIpc) is 2.15. The van der Waals surface area contributed by atoms with Crippen molar-refractivity contribution in [1.29, 1.82) is 0 Å². The van der Waals surface area contributed by atoms with Crippen LogP contribution in [0.3, 0.4) is 0 Å². The molecule has 1 aromatic rings. The summed E-state index contributed by atoms with van der Waals surface area (Å²) in [6.45, 7) is 5.45. The summed E-state index contributed by atoms with van der Waals surface area (Å²) in [4.78, 5) is 15.8. The molecular formula is C11H13Cl2NO2S. The van der Waals surface area contributed by atoms with E-state index in [9.17, 15) is 4.79 Å². The van der Waals surface area contributed by atoms with E-state index in [1.165, 1.54) is 6.20 Å². The van der Waals surface area contributed by atoms with Crippen LogP contribution in [0.2, 0.25) is 10.2 Å². The molecule has 0 aliphatic heterocycles. The minimum atomic E-state index is -0.341. The van der Waals surface area contributed by atoms with Gasteiger partial charge in [0.2, 0.25) is 5.12 Å². The summed E-state index contributed by atoms with van der Waals surface area (Å²) < 4.78 is -0.209. The summed E-state index contributed by atoms with van der Waals surface area (Å²) in [5.41, 5.74) is 0.564. The van der Waals surface area contributed by atoms with E-state index in [1.54, 1.807) is 0 Å². The third-order valence-corrected chi connectivity index (χ3v) is 3.61. The van der Waals surface area contributed by atoms with Gasteiger partial charge in [0.05, 0.1) is 17.2 Å². The van der Waals surface area contributed by atoms with Crippen LogP contribution in [0.4, 0.5) is 0 Å². The van der Waals surface area contributed by atoms with Gasteiger partial charge in [0.15, 0.2) is 0 Å². The maximum atomic E-state index is 12.0. The Bertz CT molecular complexity index is 444. The number of carbonyl (C=O) groups excluding carboxylic acids is 1. The van der Waals surface area contributed by atoms with Crippen molar-refractivity contribution in [1.82, 2.24) is 4.98 Å². The number of carbonyl (C=O) groups is 1. The molecule has 0 aliphatic carbocycles. The molecule has 0 atom stereocenters. The van der Waals surface area contributed by atoms with Gasteiger partial charge in [-0.15, -0.1) is 0 Å². The molecule has 3 nitrogen and oxygen atoms in total. The fourth-order valence-electron chi connectivity index (χ4n) is 1.12. The summed E-state index contributed by atoms with van der Waals surface area (Å²) in [5.74, 6) is 0. The molecule has 17 heavy (non-hydrogen) atoms. The van der Waals surface area contributed by atoms with Crippen LogP contribution in [0, 0.1) is 0 Å². The summed E-state index contributed by atoms with van der Waals surface area (Å²) in [6.07, 6.45) is 1.34. The van der Waals surface area contributed by atoms with Gasteiger partial charge in [-0.25, -0.2) is 4.98 Å². The van der Waals surface area contributed by atoms with Crippen LogP contribution in [0.15, 0.2) is 6.20 Å². The maximum absolute atomic E-state index is 12.0. The molecule has 94 valence electrons. The molecular weight excluding hydrogens is 281 g/mol. The summed E-state index contributed by atoms with van der Waals surface area (Å²) >= 11 is 12.9. The van der Waals surface area contributed by atoms with Crippen molar-refractivity contribution in [2.45, 2.75) is 32.1 Å². The molecule has 0 unspecified atom stereocenters. The minimum Gasteiger partial charge on any atom is -0.392 e. The average molecular weight is 294 g/mol. The first-order valence-corrected chi connectivity index (χ1v) is 6.50. The van der Waals surface area contributed by atoms with Gasteiger partial charge in [0, 0.05) is 16.5 Å². The smallest absolute Gasteiger partial charge is 0.222 e. The van der Waals surface area contributed by atoms with Crippen molar-refractivity contribution in [3.05, 3.63) is 27.5 Å². The second-order valence-corrected chi connectivity index (χ2v) is 6.95. The summed E-state index contributed by atoms with van der Waals surface area (Å²) in [7, 11) is 0. The lowest BCUT2D eigenvalue weighted by molar-refractivity contribution is 0.108. The van der Waals surface area contributed by atoms with E-state index >= 15 is 0 Å². The van der Waals surface area contributed by atoms with E-state index in [0.29, 0.717) is 0 Å². The molecule has 0 saturated carbocycles. The molecule has 0 spiro atoms. The predicted molar refractivity (Wildman–Crippen MR) is 71.9 cm³/mol. The number of nitrogens with zero attached hydrogens (tertiary/aromatic N) is 1. The lowest BCUT2D eigenvalue weighted by Crippen LogP contribution is -2.13. The first-order valence-electron chi connectivity index (χ1n) is 4.93. The van der Waals surface area contributed by atoms with Crippen LogP contribution >= 0.6 is 35.0 Å². The number of aliphatic hydroxyl groups excluding tert-OH is 1. The zero-order valence-electron chi connectivity index (χ0n) is 9.75. The highest BCUT2D eigenvalue weighted by Gasteiger charge is 2.22. The van der Waals surface area contributed by atoms with Gasteiger partial charge in [0.1, 0.15) is 5.15 Å². The van der Waals surface area contributed by atoms with Crippen LogP contribution in [0.25, 0.3) is 0 Å². The number of pyridine rings is 1. The van der Waals surface area contributed by atoms with Crippen LogP contribution in [-0.2, 0) is 6.61 Å². The molecule has 1 N–H and O–H groups in total. The quantitative estimate of drug-likeness (QED) is 0.847. The van der Waals surface area contributed by atoms with E-state index < -0.39 is 0 Å². The van der Waals surface area contributed by atoms with E-state index in [-0.39, 0.29) is 37.8 Å². The second kappa shape index (κ2) is 5.57. The molecule has 0 bridgehead atoms. The number of halogens is 2. The van der Waals surface area contributed by atoms with Crippen molar-refractivity contribution in [2.24, 2.45) is 0 Å². The fourth-order valence-corrected chi connectivity index (χ4v) is 2.53. The minimum absolute atomic E-state index is 0.120. The topological polar surface area (TPSA) is 50.2 Å². The summed E-state index contributed by atoms with van der Waals surface area (Å²) in [5, 5.41) is 9.23. The highest BCUT2D eigenvalue weighted by molar-refractivity contribution is 8.15. The third kappa shape index (κ3) is 3.85. The van der Waals surface area contributed by atoms with Gasteiger partial charge in [-0.05, 0) is 0 Å². The highest BCUT2D eigenvalue weighted by atomic mass is 35.5. The van der Waals surface area contributed by atoms with Gasteiger partial charge in [-0.1, -0.05) is 55.7 Å². The lowest BCUT2D eigenvalue weighted by atomic mass is 10.2. The van der Waals surface area contributed by atoms with Crippen molar-refractivity contribution in [3.63, 3.8) is 0 Å². The Morgan fingerprint density at radius 1 is 1.47 bits per heavy atom. The maximum Gasteiger partial charge on any atom is 0.222 e. The Kier molecular flexibility index (Phi) is 4.84. The molecule has 0 saturated heterocycles. The van der Waals surface area contributed by atoms with E-state index in [4.69, 9.17) is 28.3 Å². The first-order chi connectivity index (χ1) is 7.76. The largest absolute Gasteiger partial charge is 0.392 e. The van der Waals surface area contributed by atoms with Crippen molar-refractivity contribution in [3.8, 4) is 0 Å². The molecule has 0 radical (unpaired) electrons. The molecule has 6 heteroatoms. The molecule has 1 heterocycles. The Balaban J connectivity index is 3.12. The van der Waals surface area contributed by atoms with Crippen LogP contribution in [0.1, 0.15) is 36.7 Å². The fraction of sp³-hybridized carbons (Fsp3) is 0.455. The Hall–Kier alpha value is -0.290. The SMILES string of the molecule is CC(C)(C)SC(=O)c1cnc(Cl)c(CO)c1Cl. The standard InChI is InChI=1S/C11H13Cl2NO2S/c1-11(2,3)17-10(16)6-4-14-9(13)7(5-15)8(6)12/h4,15H,5H2,1-3H3. The molecule has 0 aliphatic rings. The number of hydrogen-bond donors (Lipinski definition) is 1. The van der Waals surface area contributed by atoms with Crippen molar-refractivity contribution >= 4 is 40.1 Å². The zero-order valence-corrected chi connectivity index (χ0v) is 12.1. The van der Waals surface area contributed by atoms with Gasteiger partial charge in [-0.2, -0.15) is 0 Å². The van der Waals surface area contributed by atoms with Crippen LogP contribution in [0.5, 0.6) is 0 Å². The van der Waals surface area contributed by atoms with Crippen LogP contribution in [-0.4, -0.2) is 20.0 Å².